The van der Waals surface area contributed by atoms with E-state index in [1.165, 1.54) is 6.20 Å². The van der Waals surface area contributed by atoms with Crippen LogP contribution in [0.25, 0.3) is 4.85 Å². The smallest absolute Gasteiger partial charge is 0.410 e. The summed E-state index contributed by atoms with van der Waals surface area (Å²) in [5.74, 6) is 0.247. The topological polar surface area (TPSA) is 67.1 Å². The average molecular weight is 497 g/mol. The fourth-order valence-electron chi connectivity index (χ4n) is 4.27. The third-order valence-electron chi connectivity index (χ3n) is 6.15. The summed E-state index contributed by atoms with van der Waals surface area (Å²) >= 11 is 6.44. The van der Waals surface area contributed by atoms with E-state index in [4.69, 9.17) is 22.9 Å². The van der Waals surface area contributed by atoms with E-state index in [1.807, 2.05) is 46.8 Å². The molecule has 1 atom stereocenters. The average Bonchev–Trinajstić information content (AvgIpc) is 2.75. The summed E-state index contributed by atoms with van der Waals surface area (Å²) in [5, 5.41) is 0.589. The zero-order valence-corrected chi connectivity index (χ0v) is 22.1. The lowest BCUT2D eigenvalue weighted by molar-refractivity contribution is 0.000532. The second-order valence-corrected chi connectivity index (χ2v) is 10.6. The van der Waals surface area contributed by atoms with E-state index in [2.05, 4.69) is 14.7 Å². The number of Topliss-reactive ketones (excluding diaryl/α,β-unsaturated/α-hetero) is 1. The maximum Gasteiger partial charge on any atom is 0.410 e. The van der Waals surface area contributed by atoms with Crippen molar-refractivity contribution in [2.45, 2.75) is 66.2 Å². The Morgan fingerprint density at radius 2 is 1.89 bits per heavy atom. The molecule has 0 radical (unpaired) electrons. The van der Waals surface area contributed by atoms with Gasteiger partial charge in [0.1, 0.15) is 11.8 Å². The van der Waals surface area contributed by atoms with Gasteiger partial charge in [-0.2, -0.15) is 0 Å². The zero-order valence-electron chi connectivity index (χ0n) is 21.3. The molecule has 2 aromatic rings. The Morgan fingerprint density at radius 3 is 2.49 bits per heavy atom. The number of nitrogens with zero attached hydrogens (tertiary/aromatic N) is 4. The third-order valence-corrected chi connectivity index (χ3v) is 6.37. The van der Waals surface area contributed by atoms with Gasteiger partial charge in [0, 0.05) is 43.7 Å². The van der Waals surface area contributed by atoms with Crippen molar-refractivity contribution in [1.29, 1.82) is 0 Å². The molecule has 1 amide bonds. The highest BCUT2D eigenvalue weighted by molar-refractivity contribution is 6.30. The Hall–Kier alpha value is -2.95. The summed E-state index contributed by atoms with van der Waals surface area (Å²) < 4.78 is 5.55. The van der Waals surface area contributed by atoms with Crippen LogP contribution in [0.1, 0.15) is 60.3 Å². The number of piperazine rings is 1. The van der Waals surface area contributed by atoms with Gasteiger partial charge in [0.2, 0.25) is 0 Å². The van der Waals surface area contributed by atoms with Crippen LogP contribution in [-0.4, -0.2) is 57.9 Å². The van der Waals surface area contributed by atoms with Crippen LogP contribution in [0.4, 0.5) is 10.6 Å². The predicted octanol–water partition coefficient (Wildman–Crippen LogP) is 5.77. The molecule has 1 aromatic heterocycles. The second-order valence-electron chi connectivity index (χ2n) is 10.2. The molecule has 0 saturated carbocycles. The van der Waals surface area contributed by atoms with Crippen molar-refractivity contribution in [3.8, 4) is 0 Å². The lowest BCUT2D eigenvalue weighted by Gasteiger charge is -2.40. The summed E-state index contributed by atoms with van der Waals surface area (Å²) in [6.45, 7) is 21.3. The van der Waals surface area contributed by atoms with Crippen molar-refractivity contribution in [2.24, 2.45) is 0 Å². The van der Waals surface area contributed by atoms with E-state index in [0.717, 1.165) is 29.8 Å². The fraction of sp³-hybridized carbons (Fsp3) is 0.481. The molecule has 8 heteroatoms. The molecule has 3 rings (SSSR count). The minimum absolute atomic E-state index is 0.0216. The number of ketones is 1. The molecule has 1 aromatic carbocycles. The SMILES string of the molecule is [C-]#[N+]c1ncc(C(=O)Cc2cc(Cl)cc(CN3CCN(C(=O)OC(C)(C)C)[C@@H](C)C3)c2C)cc1C. The largest absolute Gasteiger partial charge is 0.444 e. The Morgan fingerprint density at radius 1 is 1.20 bits per heavy atom. The molecule has 0 bridgehead atoms. The van der Waals surface area contributed by atoms with Crippen LogP contribution in [0.3, 0.4) is 0 Å². The highest BCUT2D eigenvalue weighted by Gasteiger charge is 2.31. The monoisotopic (exact) mass is 496 g/mol. The quantitative estimate of drug-likeness (QED) is 0.388. The summed E-state index contributed by atoms with van der Waals surface area (Å²) in [6, 6.07) is 5.53. The lowest BCUT2D eigenvalue weighted by Crippen LogP contribution is -2.54. The minimum Gasteiger partial charge on any atom is -0.444 e. The molecule has 0 spiro atoms. The number of carbonyl (C=O) groups is 2. The van der Waals surface area contributed by atoms with Gasteiger partial charge in [0.25, 0.3) is 5.82 Å². The Bertz CT molecular complexity index is 1170. The number of carbonyl (C=O) groups excluding carboxylic acids is 2. The zero-order chi connectivity index (χ0) is 25.9. The van der Waals surface area contributed by atoms with E-state index in [-0.39, 0.29) is 24.3 Å². The molecular weight excluding hydrogens is 464 g/mol. The van der Waals surface area contributed by atoms with Crippen molar-refractivity contribution in [3.05, 3.63) is 68.7 Å². The van der Waals surface area contributed by atoms with Crippen molar-refractivity contribution in [1.82, 2.24) is 14.8 Å². The first-order valence-corrected chi connectivity index (χ1v) is 12.1. The van der Waals surface area contributed by atoms with E-state index < -0.39 is 5.60 Å². The van der Waals surface area contributed by atoms with Gasteiger partial charge in [-0.25, -0.2) is 4.79 Å². The molecule has 2 heterocycles. The Balaban J connectivity index is 1.70. The number of ether oxygens (including phenoxy) is 1. The summed E-state index contributed by atoms with van der Waals surface area (Å²) in [4.78, 5) is 37.0. The van der Waals surface area contributed by atoms with Crippen LogP contribution in [-0.2, 0) is 17.7 Å². The molecule has 186 valence electrons. The van der Waals surface area contributed by atoms with Crippen LogP contribution in [0.5, 0.6) is 0 Å². The van der Waals surface area contributed by atoms with Gasteiger partial charge in [0.05, 0.1) is 5.56 Å². The van der Waals surface area contributed by atoms with Crippen molar-refractivity contribution in [2.75, 3.05) is 19.6 Å². The molecular formula is C27H33ClN4O3. The van der Waals surface area contributed by atoms with E-state index in [1.54, 1.807) is 17.9 Å². The van der Waals surface area contributed by atoms with Crippen LogP contribution < -0.4 is 0 Å². The Kier molecular flexibility index (Phi) is 8.19. The molecule has 1 saturated heterocycles. The van der Waals surface area contributed by atoms with E-state index in [9.17, 15) is 9.59 Å². The first-order valence-electron chi connectivity index (χ1n) is 11.7. The molecule has 0 unspecified atom stereocenters. The fourth-order valence-corrected chi connectivity index (χ4v) is 4.53. The first-order chi connectivity index (χ1) is 16.4. The number of pyridine rings is 1. The number of hydrogen-bond donors (Lipinski definition) is 0. The van der Waals surface area contributed by atoms with Gasteiger partial charge in [-0.15, -0.1) is 4.98 Å². The predicted molar refractivity (Wildman–Crippen MR) is 137 cm³/mol. The molecule has 1 aliphatic rings. The van der Waals surface area contributed by atoms with Crippen molar-refractivity contribution in [3.63, 3.8) is 0 Å². The molecule has 1 fully saturated rings. The van der Waals surface area contributed by atoms with Gasteiger partial charge in [-0.1, -0.05) is 24.2 Å². The number of hydrogen-bond acceptors (Lipinski definition) is 5. The molecule has 35 heavy (non-hydrogen) atoms. The third kappa shape index (κ3) is 6.81. The van der Waals surface area contributed by atoms with Crippen LogP contribution in [0.2, 0.25) is 5.02 Å². The number of rotatable bonds is 5. The van der Waals surface area contributed by atoms with E-state index >= 15 is 0 Å². The van der Waals surface area contributed by atoms with Gasteiger partial charge >= 0.3 is 6.09 Å². The molecule has 1 aliphatic heterocycles. The van der Waals surface area contributed by atoms with Gasteiger partial charge in [-0.05, 0) is 75.9 Å². The van der Waals surface area contributed by atoms with Crippen LogP contribution >= 0.6 is 11.6 Å². The number of aromatic nitrogens is 1. The van der Waals surface area contributed by atoms with Gasteiger partial charge < -0.3 is 14.5 Å². The normalized spacial score (nSPS) is 16.6. The van der Waals surface area contributed by atoms with Crippen molar-refractivity contribution >= 4 is 29.3 Å². The summed E-state index contributed by atoms with van der Waals surface area (Å²) in [6.07, 6.45) is 1.40. The van der Waals surface area contributed by atoms with Gasteiger partial charge in [-0.3, -0.25) is 9.69 Å². The minimum atomic E-state index is -0.520. The summed E-state index contributed by atoms with van der Waals surface area (Å²) in [7, 11) is 0. The van der Waals surface area contributed by atoms with Crippen LogP contribution in [0, 0.1) is 20.4 Å². The number of halogens is 1. The number of benzene rings is 1. The lowest BCUT2D eigenvalue weighted by atomic mass is 9.95. The molecule has 7 nitrogen and oxygen atoms in total. The van der Waals surface area contributed by atoms with Crippen molar-refractivity contribution < 1.29 is 14.3 Å². The standard InChI is InChI=1S/C27H33ClN4O3/c1-17-10-21(14-30-25(17)29-7)24(33)13-20-11-23(28)12-22(19(20)3)16-31-8-9-32(18(2)15-31)26(34)35-27(4,5)6/h10-12,14,18H,8-9,13,15-16H2,1-6H3/t18-/m0/s1. The van der Waals surface area contributed by atoms with Gasteiger partial charge in [0.15, 0.2) is 5.78 Å². The first kappa shape index (κ1) is 26.7. The van der Waals surface area contributed by atoms with Crippen LogP contribution in [0.15, 0.2) is 24.4 Å². The highest BCUT2D eigenvalue weighted by atomic mass is 35.5. The molecule has 0 N–H and O–H groups in total. The van der Waals surface area contributed by atoms with E-state index in [0.29, 0.717) is 35.1 Å². The molecule has 0 aliphatic carbocycles. The number of aryl methyl sites for hydroxylation is 1. The highest BCUT2D eigenvalue weighted by Crippen LogP contribution is 2.25. The Labute approximate surface area is 212 Å². The maximum absolute atomic E-state index is 13.0. The second kappa shape index (κ2) is 10.8. The summed E-state index contributed by atoms with van der Waals surface area (Å²) in [5.41, 5.74) is 3.64. The maximum atomic E-state index is 13.0. The number of amides is 1.